The summed E-state index contributed by atoms with van der Waals surface area (Å²) in [4.78, 5) is 0. The van der Waals surface area contributed by atoms with Crippen molar-refractivity contribution in [3.8, 4) is 0 Å². The second-order valence-corrected chi connectivity index (χ2v) is 6.85. The monoisotopic (exact) mass is 251 g/mol. The maximum absolute atomic E-state index is 5.35. The van der Waals surface area contributed by atoms with E-state index in [1.807, 2.05) is 6.21 Å². The molecule has 0 aromatic rings. The molecule has 4 saturated carbocycles. The molecule has 0 radical (unpaired) electrons. The van der Waals surface area contributed by atoms with E-state index in [1.165, 1.54) is 38.5 Å². The largest absolute Gasteiger partial charge is 0.375 e. The van der Waals surface area contributed by atoms with Gasteiger partial charge in [-0.05, 0) is 80.3 Å². The van der Waals surface area contributed by atoms with Gasteiger partial charge in [0.25, 0.3) is 0 Å². The number of nitrogens with two attached hydrogens (primary N) is 1. The second-order valence-electron chi connectivity index (χ2n) is 6.41. The molecule has 0 aromatic carbocycles. The molecule has 4 rings (SSSR count). The minimum Gasteiger partial charge on any atom is -0.375 e. The van der Waals surface area contributed by atoms with Gasteiger partial charge in [-0.3, -0.25) is 5.43 Å². The Balaban J connectivity index is 1.62. The Hall–Kier alpha value is -0.640. The van der Waals surface area contributed by atoms with Crippen molar-refractivity contribution in [1.29, 1.82) is 0 Å². The van der Waals surface area contributed by atoms with E-state index >= 15 is 0 Å². The highest BCUT2D eigenvalue weighted by Gasteiger charge is 2.50. The maximum atomic E-state index is 5.35. The Kier molecular flexibility index (Phi) is 2.85. The summed E-state index contributed by atoms with van der Waals surface area (Å²) in [6, 6.07) is 0. The zero-order chi connectivity index (χ0) is 11.9. The van der Waals surface area contributed by atoms with Gasteiger partial charge in [-0.2, -0.15) is 5.10 Å². The van der Waals surface area contributed by atoms with E-state index in [0.29, 0.717) is 5.41 Å². The zero-order valence-corrected chi connectivity index (χ0v) is 11.0. The van der Waals surface area contributed by atoms with Gasteiger partial charge < -0.3 is 5.73 Å². The van der Waals surface area contributed by atoms with Crippen molar-refractivity contribution in [2.45, 2.75) is 44.9 Å². The van der Waals surface area contributed by atoms with Crippen molar-refractivity contribution in [2.75, 3.05) is 0 Å². The predicted octanol–water partition coefficient (Wildman–Crippen LogP) is 2.41. The molecule has 0 aliphatic heterocycles. The maximum Gasteiger partial charge on any atom is 0.184 e. The van der Waals surface area contributed by atoms with Crippen LogP contribution in [0.4, 0.5) is 0 Å². The molecule has 4 fully saturated rings. The first-order valence-corrected chi connectivity index (χ1v) is 7.13. The van der Waals surface area contributed by atoms with Crippen molar-refractivity contribution in [3.05, 3.63) is 0 Å². The van der Waals surface area contributed by atoms with Crippen LogP contribution in [0.1, 0.15) is 44.9 Å². The molecule has 4 bridgehead atoms. The van der Waals surface area contributed by atoms with Gasteiger partial charge in [-0.1, -0.05) is 0 Å². The van der Waals surface area contributed by atoms with Gasteiger partial charge in [0.2, 0.25) is 0 Å². The number of nitrogens with zero attached hydrogens (tertiary/aromatic N) is 1. The van der Waals surface area contributed by atoms with E-state index in [-0.39, 0.29) is 5.11 Å². The molecular formula is C13H21N3S. The van der Waals surface area contributed by atoms with Crippen LogP contribution in [-0.4, -0.2) is 11.3 Å². The highest BCUT2D eigenvalue weighted by atomic mass is 32.1. The lowest BCUT2D eigenvalue weighted by atomic mass is 9.49. The number of hydrogen-bond acceptors (Lipinski definition) is 2. The molecule has 0 heterocycles. The Morgan fingerprint density at radius 3 is 2.24 bits per heavy atom. The minimum absolute atomic E-state index is 0.256. The van der Waals surface area contributed by atoms with Crippen LogP contribution in [0.5, 0.6) is 0 Å². The average molecular weight is 251 g/mol. The fraction of sp³-hybridized carbons (Fsp3) is 0.846. The van der Waals surface area contributed by atoms with E-state index in [1.54, 1.807) is 0 Å². The summed E-state index contributed by atoms with van der Waals surface area (Å²) >= 11 is 4.73. The number of thiocarbonyl (C=S) groups is 1. The molecule has 4 aliphatic rings. The first kappa shape index (κ1) is 11.5. The Labute approximate surface area is 108 Å². The molecule has 0 saturated heterocycles. The van der Waals surface area contributed by atoms with Crippen molar-refractivity contribution in [1.82, 2.24) is 5.43 Å². The lowest BCUT2D eigenvalue weighted by Crippen LogP contribution is -2.46. The van der Waals surface area contributed by atoms with Crippen LogP contribution < -0.4 is 11.2 Å². The molecule has 3 nitrogen and oxygen atoms in total. The van der Waals surface area contributed by atoms with E-state index in [0.717, 1.165) is 24.2 Å². The fourth-order valence-corrected chi connectivity index (χ4v) is 4.94. The lowest BCUT2D eigenvalue weighted by molar-refractivity contribution is -0.0476. The van der Waals surface area contributed by atoms with Crippen molar-refractivity contribution in [2.24, 2.45) is 34.0 Å². The lowest BCUT2D eigenvalue weighted by Gasteiger charge is -2.56. The summed E-state index contributed by atoms with van der Waals surface area (Å²) < 4.78 is 0. The third-order valence-electron chi connectivity index (χ3n) is 4.96. The van der Waals surface area contributed by atoms with Crippen molar-refractivity contribution in [3.63, 3.8) is 0 Å². The summed E-state index contributed by atoms with van der Waals surface area (Å²) in [7, 11) is 0. The molecule has 17 heavy (non-hydrogen) atoms. The van der Waals surface area contributed by atoms with Crippen LogP contribution in [0.3, 0.4) is 0 Å². The average Bonchev–Trinajstić information content (AvgIpc) is 2.22. The smallest absolute Gasteiger partial charge is 0.184 e. The molecule has 94 valence electrons. The Morgan fingerprint density at radius 1 is 1.24 bits per heavy atom. The van der Waals surface area contributed by atoms with E-state index < -0.39 is 0 Å². The van der Waals surface area contributed by atoms with Crippen LogP contribution in [0, 0.1) is 23.2 Å². The van der Waals surface area contributed by atoms with Gasteiger partial charge in [-0.15, -0.1) is 0 Å². The van der Waals surface area contributed by atoms with Crippen LogP contribution in [0.25, 0.3) is 0 Å². The summed E-state index contributed by atoms with van der Waals surface area (Å²) in [6.45, 7) is 0. The van der Waals surface area contributed by atoms with Gasteiger partial charge in [-0.25, -0.2) is 0 Å². The number of rotatable bonds is 3. The Morgan fingerprint density at radius 2 is 1.76 bits per heavy atom. The van der Waals surface area contributed by atoms with Crippen molar-refractivity contribution < 1.29 is 0 Å². The summed E-state index contributed by atoms with van der Waals surface area (Å²) in [5.74, 6) is 3.04. The Bertz CT molecular complexity index is 315. The minimum atomic E-state index is 0.256. The second kappa shape index (κ2) is 4.23. The first-order valence-electron chi connectivity index (χ1n) is 6.72. The summed E-state index contributed by atoms with van der Waals surface area (Å²) in [6.07, 6.45) is 11.9. The first-order chi connectivity index (χ1) is 8.15. The molecule has 0 spiro atoms. The van der Waals surface area contributed by atoms with Crippen LogP contribution in [0.15, 0.2) is 5.10 Å². The van der Waals surface area contributed by atoms with E-state index in [2.05, 4.69) is 10.5 Å². The SMILES string of the molecule is NC(=S)NN=CCC12CC3CC(CC(C3)C1)C2. The van der Waals surface area contributed by atoms with Crippen LogP contribution in [0.2, 0.25) is 0 Å². The summed E-state index contributed by atoms with van der Waals surface area (Å²) in [5.41, 5.74) is 8.57. The van der Waals surface area contributed by atoms with Crippen LogP contribution >= 0.6 is 12.2 Å². The third-order valence-corrected chi connectivity index (χ3v) is 5.05. The van der Waals surface area contributed by atoms with Crippen LogP contribution in [-0.2, 0) is 0 Å². The normalized spacial score (nSPS) is 43.2. The third kappa shape index (κ3) is 2.32. The number of hydrazone groups is 1. The van der Waals surface area contributed by atoms with E-state index in [4.69, 9.17) is 18.0 Å². The van der Waals surface area contributed by atoms with Gasteiger partial charge in [0, 0.05) is 6.21 Å². The van der Waals surface area contributed by atoms with Gasteiger partial charge in [0.1, 0.15) is 0 Å². The van der Waals surface area contributed by atoms with Gasteiger partial charge >= 0.3 is 0 Å². The molecule has 3 N–H and O–H groups in total. The summed E-state index contributed by atoms with van der Waals surface area (Å²) in [5, 5.41) is 4.36. The molecule has 4 heteroatoms. The van der Waals surface area contributed by atoms with E-state index in [9.17, 15) is 0 Å². The molecule has 0 amide bonds. The predicted molar refractivity (Wildman–Crippen MR) is 73.6 cm³/mol. The molecule has 0 unspecified atom stereocenters. The molecular weight excluding hydrogens is 230 g/mol. The zero-order valence-electron chi connectivity index (χ0n) is 10.2. The number of nitrogens with one attached hydrogen (secondary N) is 1. The molecule has 0 atom stereocenters. The topological polar surface area (TPSA) is 50.4 Å². The molecule has 0 aromatic heterocycles. The molecule has 4 aliphatic carbocycles. The standard InChI is InChI=1S/C13H21N3S/c14-12(17)16-15-2-1-13-6-9-3-10(7-13)5-11(4-9)8-13/h2,9-11H,1,3-8H2,(H3,14,16,17). The van der Waals surface area contributed by atoms with Crippen molar-refractivity contribution >= 4 is 23.5 Å². The van der Waals surface area contributed by atoms with Gasteiger partial charge in [0.05, 0.1) is 0 Å². The number of hydrogen-bond donors (Lipinski definition) is 2. The highest BCUT2D eigenvalue weighted by Crippen LogP contribution is 2.61. The van der Waals surface area contributed by atoms with Gasteiger partial charge in [0.15, 0.2) is 5.11 Å². The quantitative estimate of drug-likeness (QED) is 0.460. The highest BCUT2D eigenvalue weighted by molar-refractivity contribution is 7.80. The fourth-order valence-electron chi connectivity index (χ4n) is 4.89.